The molecular formula is C11H15N3O6S. The lowest BCUT2D eigenvalue weighted by Crippen LogP contribution is -2.18. The number of benzene rings is 1. The quantitative estimate of drug-likeness (QED) is 0.499. The Morgan fingerprint density at radius 2 is 2.14 bits per heavy atom. The van der Waals surface area contributed by atoms with Gasteiger partial charge in [-0.05, 0) is 25.5 Å². The molecule has 0 fully saturated rings. The van der Waals surface area contributed by atoms with Gasteiger partial charge in [-0.3, -0.25) is 14.9 Å². The van der Waals surface area contributed by atoms with Gasteiger partial charge in [0.1, 0.15) is 5.69 Å². The van der Waals surface area contributed by atoms with Gasteiger partial charge in [0.25, 0.3) is 5.69 Å². The SMILES string of the molecule is CC(CCC(=O)O)Nc1ccc(S(N)(=O)=O)cc1[N+](=O)[O-]. The Hall–Kier alpha value is -2.20. The molecule has 0 radical (unpaired) electrons. The van der Waals surface area contributed by atoms with Crippen LogP contribution in [0.1, 0.15) is 19.8 Å². The topological polar surface area (TPSA) is 153 Å². The number of rotatable bonds is 7. The number of carbonyl (C=O) groups is 1. The number of sulfonamides is 1. The van der Waals surface area contributed by atoms with Crippen molar-refractivity contribution in [1.82, 2.24) is 0 Å². The molecule has 0 amide bonds. The van der Waals surface area contributed by atoms with E-state index in [0.29, 0.717) is 0 Å². The van der Waals surface area contributed by atoms with Crippen LogP contribution in [0.3, 0.4) is 0 Å². The second-order valence-corrected chi connectivity index (χ2v) is 6.02. The summed E-state index contributed by atoms with van der Waals surface area (Å²) < 4.78 is 22.4. The average Bonchev–Trinajstić information content (AvgIpc) is 2.35. The van der Waals surface area contributed by atoms with Gasteiger partial charge in [-0.15, -0.1) is 0 Å². The summed E-state index contributed by atoms with van der Waals surface area (Å²) >= 11 is 0. The summed E-state index contributed by atoms with van der Waals surface area (Å²) in [6.45, 7) is 1.67. The van der Waals surface area contributed by atoms with Gasteiger partial charge >= 0.3 is 5.97 Å². The van der Waals surface area contributed by atoms with Gasteiger partial charge in [-0.2, -0.15) is 0 Å². The highest BCUT2D eigenvalue weighted by atomic mass is 32.2. The number of nitro groups is 1. The van der Waals surface area contributed by atoms with E-state index in [-0.39, 0.29) is 29.5 Å². The lowest BCUT2D eigenvalue weighted by atomic mass is 10.1. The van der Waals surface area contributed by atoms with Crippen molar-refractivity contribution in [1.29, 1.82) is 0 Å². The molecule has 1 unspecified atom stereocenters. The van der Waals surface area contributed by atoms with Gasteiger partial charge in [0.05, 0.1) is 9.82 Å². The number of nitrogens with two attached hydrogens (primary N) is 1. The Bertz CT molecular complexity index is 658. The van der Waals surface area contributed by atoms with Gasteiger partial charge in [-0.1, -0.05) is 0 Å². The Morgan fingerprint density at radius 3 is 2.62 bits per heavy atom. The molecule has 4 N–H and O–H groups in total. The van der Waals surface area contributed by atoms with Crippen molar-refractivity contribution in [2.75, 3.05) is 5.32 Å². The van der Waals surface area contributed by atoms with Crippen LogP contribution in [-0.4, -0.2) is 30.5 Å². The first-order valence-corrected chi connectivity index (χ1v) is 7.45. The molecule has 116 valence electrons. The summed E-state index contributed by atoms with van der Waals surface area (Å²) in [5, 5.41) is 27.3. The maximum absolute atomic E-state index is 11.2. The van der Waals surface area contributed by atoms with Crippen molar-refractivity contribution in [3.8, 4) is 0 Å². The van der Waals surface area contributed by atoms with E-state index in [1.165, 1.54) is 6.07 Å². The molecule has 0 saturated carbocycles. The minimum Gasteiger partial charge on any atom is -0.481 e. The minimum atomic E-state index is -4.04. The molecule has 0 aliphatic rings. The Morgan fingerprint density at radius 1 is 1.52 bits per heavy atom. The zero-order valence-corrected chi connectivity index (χ0v) is 12.0. The first-order valence-electron chi connectivity index (χ1n) is 5.91. The standard InChI is InChI=1S/C11H15N3O6S/c1-7(2-5-11(15)16)13-9-4-3-8(21(12,19)20)6-10(9)14(17)18/h3-4,6-7,13H,2,5H2,1H3,(H,15,16)(H2,12,19,20). The summed E-state index contributed by atoms with van der Waals surface area (Å²) in [5.74, 6) is -0.970. The lowest BCUT2D eigenvalue weighted by Gasteiger charge is -2.14. The number of hydrogen-bond donors (Lipinski definition) is 3. The van der Waals surface area contributed by atoms with Gasteiger partial charge in [0.15, 0.2) is 0 Å². The Kier molecular flexibility index (Phi) is 5.22. The van der Waals surface area contributed by atoms with E-state index < -0.39 is 26.6 Å². The maximum Gasteiger partial charge on any atom is 0.303 e. The molecule has 1 rings (SSSR count). The number of nitrogens with zero attached hydrogens (tertiary/aromatic N) is 1. The molecule has 0 bridgehead atoms. The van der Waals surface area contributed by atoms with Crippen molar-refractivity contribution in [2.45, 2.75) is 30.7 Å². The molecular weight excluding hydrogens is 302 g/mol. The van der Waals surface area contributed by atoms with Gasteiger partial charge < -0.3 is 10.4 Å². The average molecular weight is 317 g/mol. The highest BCUT2D eigenvalue weighted by Crippen LogP contribution is 2.28. The molecule has 1 aromatic rings. The number of anilines is 1. The number of nitro benzene ring substituents is 1. The van der Waals surface area contributed by atoms with E-state index >= 15 is 0 Å². The van der Waals surface area contributed by atoms with Crippen molar-refractivity contribution >= 4 is 27.4 Å². The maximum atomic E-state index is 11.2. The van der Waals surface area contributed by atoms with Crippen LogP contribution in [0.5, 0.6) is 0 Å². The fourth-order valence-electron chi connectivity index (χ4n) is 1.64. The van der Waals surface area contributed by atoms with E-state index in [9.17, 15) is 23.3 Å². The van der Waals surface area contributed by atoms with Crippen LogP contribution in [0, 0.1) is 10.1 Å². The van der Waals surface area contributed by atoms with Crippen LogP contribution in [0.2, 0.25) is 0 Å². The van der Waals surface area contributed by atoms with Gasteiger partial charge in [0.2, 0.25) is 10.0 Å². The Balaban J connectivity index is 3.02. The third-order valence-corrected chi connectivity index (χ3v) is 3.60. The van der Waals surface area contributed by atoms with Gasteiger partial charge in [-0.25, -0.2) is 13.6 Å². The minimum absolute atomic E-state index is 0.0861. The van der Waals surface area contributed by atoms with E-state index in [0.717, 1.165) is 12.1 Å². The molecule has 0 aliphatic heterocycles. The normalized spacial score (nSPS) is 12.7. The second kappa shape index (κ2) is 6.50. The zero-order chi connectivity index (χ0) is 16.2. The van der Waals surface area contributed by atoms with Crippen molar-refractivity contribution < 1.29 is 23.2 Å². The molecule has 0 aliphatic carbocycles. The fourth-order valence-corrected chi connectivity index (χ4v) is 2.17. The monoisotopic (exact) mass is 317 g/mol. The predicted molar refractivity (Wildman–Crippen MR) is 74.4 cm³/mol. The lowest BCUT2D eigenvalue weighted by molar-refractivity contribution is -0.384. The van der Waals surface area contributed by atoms with Crippen LogP contribution in [-0.2, 0) is 14.8 Å². The van der Waals surface area contributed by atoms with Crippen LogP contribution in [0.15, 0.2) is 23.1 Å². The molecule has 21 heavy (non-hydrogen) atoms. The van der Waals surface area contributed by atoms with Crippen LogP contribution < -0.4 is 10.5 Å². The largest absolute Gasteiger partial charge is 0.481 e. The number of nitrogens with one attached hydrogen (secondary N) is 1. The van der Waals surface area contributed by atoms with Crippen LogP contribution in [0.25, 0.3) is 0 Å². The summed E-state index contributed by atoms with van der Waals surface area (Å²) in [7, 11) is -4.04. The first kappa shape index (κ1) is 16.9. The van der Waals surface area contributed by atoms with E-state index in [1.807, 2.05) is 0 Å². The Labute approximate surface area is 121 Å². The highest BCUT2D eigenvalue weighted by molar-refractivity contribution is 7.89. The summed E-state index contributed by atoms with van der Waals surface area (Å²) in [6.07, 6.45) is 0.181. The number of carboxylic acids is 1. The molecule has 0 saturated heterocycles. The highest BCUT2D eigenvalue weighted by Gasteiger charge is 2.20. The third kappa shape index (κ3) is 5.00. The van der Waals surface area contributed by atoms with Gasteiger partial charge in [0, 0.05) is 18.5 Å². The summed E-state index contributed by atoms with van der Waals surface area (Å²) in [6, 6.07) is 2.91. The van der Waals surface area contributed by atoms with Crippen molar-refractivity contribution in [3.63, 3.8) is 0 Å². The second-order valence-electron chi connectivity index (χ2n) is 4.46. The molecule has 0 heterocycles. The summed E-state index contributed by atoms with van der Waals surface area (Å²) in [5.41, 5.74) is -0.339. The molecule has 0 aromatic heterocycles. The van der Waals surface area contributed by atoms with E-state index in [4.69, 9.17) is 10.2 Å². The summed E-state index contributed by atoms with van der Waals surface area (Å²) in [4.78, 5) is 20.4. The van der Waals surface area contributed by atoms with Crippen LogP contribution in [0.4, 0.5) is 11.4 Å². The number of carboxylic acid groups (broad SMARTS) is 1. The first-order chi connectivity index (χ1) is 9.61. The molecule has 10 heteroatoms. The van der Waals surface area contributed by atoms with Crippen LogP contribution >= 0.6 is 0 Å². The molecule has 0 spiro atoms. The number of primary sulfonamides is 1. The van der Waals surface area contributed by atoms with E-state index in [2.05, 4.69) is 5.32 Å². The molecule has 9 nitrogen and oxygen atoms in total. The third-order valence-electron chi connectivity index (χ3n) is 2.69. The fraction of sp³-hybridized carbons (Fsp3) is 0.364. The molecule has 1 atom stereocenters. The zero-order valence-electron chi connectivity index (χ0n) is 11.1. The van der Waals surface area contributed by atoms with Crippen molar-refractivity contribution in [3.05, 3.63) is 28.3 Å². The number of hydrogen-bond acceptors (Lipinski definition) is 6. The number of aliphatic carboxylic acids is 1. The molecule has 1 aromatic carbocycles. The van der Waals surface area contributed by atoms with E-state index in [1.54, 1.807) is 6.92 Å². The smallest absolute Gasteiger partial charge is 0.303 e. The van der Waals surface area contributed by atoms with Crippen molar-refractivity contribution in [2.24, 2.45) is 5.14 Å². The predicted octanol–water partition coefficient (Wildman–Crippen LogP) is 0.907.